The molecule has 1 aliphatic rings. The van der Waals surface area contributed by atoms with Gasteiger partial charge < -0.3 is 4.74 Å². The minimum atomic E-state index is 0.385. The predicted molar refractivity (Wildman–Crippen MR) is 150 cm³/mol. The van der Waals surface area contributed by atoms with Crippen molar-refractivity contribution in [1.29, 1.82) is 0 Å². The topological polar surface area (TPSA) is 21.6 Å². The van der Waals surface area contributed by atoms with Crippen molar-refractivity contribution in [3.05, 3.63) is 78.4 Å². The van der Waals surface area contributed by atoms with Crippen LogP contribution in [0.4, 0.5) is 0 Å². The van der Waals surface area contributed by atoms with Crippen LogP contribution in [0.15, 0.2) is 77.8 Å². The molecule has 2 nitrogen and oxygen atoms in total. The van der Waals surface area contributed by atoms with Crippen molar-refractivity contribution in [2.24, 2.45) is 22.2 Å². The van der Waals surface area contributed by atoms with Crippen LogP contribution in [0.5, 0.6) is 5.75 Å². The van der Waals surface area contributed by atoms with Crippen molar-refractivity contribution in [3.63, 3.8) is 0 Å². The van der Waals surface area contributed by atoms with E-state index in [4.69, 9.17) is 9.73 Å². The van der Waals surface area contributed by atoms with E-state index in [2.05, 4.69) is 114 Å². The minimum absolute atomic E-state index is 0.385. The first-order chi connectivity index (χ1) is 16.8. The van der Waals surface area contributed by atoms with Gasteiger partial charge in [-0.1, -0.05) is 101 Å². The number of hydrogen-bond acceptors (Lipinski definition) is 2. The molecule has 0 unspecified atom stereocenters. The summed E-state index contributed by atoms with van der Waals surface area (Å²) in [7, 11) is 0. The summed E-state index contributed by atoms with van der Waals surface area (Å²) in [5.74, 6) is 2.18. The Hall–Kier alpha value is -2.87. The van der Waals surface area contributed by atoms with E-state index in [1.54, 1.807) is 0 Å². The lowest BCUT2D eigenvalue weighted by atomic mass is 9.71. The fourth-order valence-electron chi connectivity index (χ4n) is 5.12. The van der Waals surface area contributed by atoms with Crippen LogP contribution < -0.4 is 4.74 Å². The van der Waals surface area contributed by atoms with Gasteiger partial charge in [0.1, 0.15) is 5.75 Å². The highest BCUT2D eigenvalue weighted by molar-refractivity contribution is 5.97. The lowest BCUT2D eigenvalue weighted by Crippen LogP contribution is -2.27. The maximum Gasteiger partial charge on any atom is 0.136 e. The third-order valence-electron chi connectivity index (χ3n) is 7.26. The third-order valence-corrected chi connectivity index (χ3v) is 7.26. The summed E-state index contributed by atoms with van der Waals surface area (Å²) in [6.45, 7) is 12.2. The lowest BCUT2D eigenvalue weighted by molar-refractivity contribution is 0.170. The van der Waals surface area contributed by atoms with Gasteiger partial charge in [0.05, 0.1) is 6.61 Å². The second-order valence-electron chi connectivity index (χ2n) is 11.5. The van der Waals surface area contributed by atoms with Gasteiger partial charge in [-0.25, -0.2) is 0 Å². The van der Waals surface area contributed by atoms with Gasteiger partial charge in [0.25, 0.3) is 0 Å². The molecule has 0 atom stereocenters. The van der Waals surface area contributed by atoms with Crippen LogP contribution in [0.1, 0.15) is 65.9 Å². The monoisotopic (exact) mass is 467 g/mol. The van der Waals surface area contributed by atoms with Crippen molar-refractivity contribution in [3.8, 4) is 28.0 Å². The summed E-state index contributed by atoms with van der Waals surface area (Å²) in [6, 6.07) is 26.0. The van der Waals surface area contributed by atoms with Crippen LogP contribution in [0.25, 0.3) is 22.3 Å². The molecule has 0 spiro atoms. The van der Waals surface area contributed by atoms with Crippen LogP contribution in [0.3, 0.4) is 0 Å². The van der Waals surface area contributed by atoms with E-state index in [0.29, 0.717) is 24.0 Å². The molecule has 1 saturated carbocycles. The van der Waals surface area contributed by atoms with Crippen molar-refractivity contribution in [1.82, 2.24) is 0 Å². The Morgan fingerprint density at radius 1 is 0.800 bits per heavy atom. The quantitative estimate of drug-likeness (QED) is 0.318. The molecule has 0 amide bonds. The highest BCUT2D eigenvalue weighted by atomic mass is 16.5. The molecule has 1 fully saturated rings. The first kappa shape index (κ1) is 25.2. The Kier molecular flexibility index (Phi) is 8.11. The van der Waals surface area contributed by atoms with E-state index in [0.717, 1.165) is 22.8 Å². The van der Waals surface area contributed by atoms with Gasteiger partial charge in [-0.05, 0) is 65.7 Å². The molecule has 0 heterocycles. The van der Waals surface area contributed by atoms with E-state index in [9.17, 15) is 0 Å². The fourth-order valence-corrected chi connectivity index (χ4v) is 5.12. The third kappa shape index (κ3) is 6.42. The second kappa shape index (κ2) is 11.2. The van der Waals surface area contributed by atoms with Gasteiger partial charge in [0.15, 0.2) is 0 Å². The summed E-state index contributed by atoms with van der Waals surface area (Å²) in [6.07, 6.45) is 6.97. The second-order valence-corrected chi connectivity index (χ2v) is 11.5. The summed E-state index contributed by atoms with van der Waals surface area (Å²) >= 11 is 0. The van der Waals surface area contributed by atoms with E-state index in [1.807, 2.05) is 0 Å². The summed E-state index contributed by atoms with van der Waals surface area (Å²) in [5.41, 5.74) is 6.15. The molecule has 0 aromatic heterocycles. The number of ether oxygens (including phenoxy) is 1. The normalized spacial score (nSPS) is 18.8. The Morgan fingerprint density at radius 3 is 1.89 bits per heavy atom. The van der Waals surface area contributed by atoms with Gasteiger partial charge in [-0.2, -0.15) is 0 Å². The van der Waals surface area contributed by atoms with E-state index in [1.165, 1.54) is 42.4 Å². The van der Waals surface area contributed by atoms with Crippen molar-refractivity contribution in [2.45, 2.75) is 66.3 Å². The largest absolute Gasteiger partial charge is 0.492 e. The van der Waals surface area contributed by atoms with Crippen molar-refractivity contribution >= 4 is 6.21 Å². The molecular formula is C33H41NO. The first-order valence-corrected chi connectivity index (χ1v) is 13.3. The molecule has 2 heteroatoms. The molecule has 3 aromatic rings. The van der Waals surface area contributed by atoms with E-state index >= 15 is 0 Å². The maximum absolute atomic E-state index is 6.56. The smallest absolute Gasteiger partial charge is 0.136 e. The van der Waals surface area contributed by atoms with Crippen LogP contribution in [-0.2, 0) is 0 Å². The SMILES string of the molecule is CC(C)COc1c(-c2ccccc2)ccc(-c2ccccc2)c1/C=N/C1CCC(C(C)(C)C)CC1. The highest BCUT2D eigenvalue weighted by Crippen LogP contribution is 2.40. The predicted octanol–water partition coefficient (Wildman–Crippen LogP) is 9.08. The summed E-state index contributed by atoms with van der Waals surface area (Å²) in [5, 5.41) is 0. The summed E-state index contributed by atoms with van der Waals surface area (Å²) in [4.78, 5) is 5.17. The van der Waals surface area contributed by atoms with Crippen LogP contribution in [-0.4, -0.2) is 18.9 Å². The van der Waals surface area contributed by atoms with Gasteiger partial charge in [-0.15, -0.1) is 0 Å². The number of hydrogen-bond donors (Lipinski definition) is 0. The first-order valence-electron chi connectivity index (χ1n) is 13.3. The van der Waals surface area contributed by atoms with Gasteiger partial charge >= 0.3 is 0 Å². The van der Waals surface area contributed by atoms with Crippen molar-refractivity contribution < 1.29 is 4.74 Å². The Bertz CT molecular complexity index is 1100. The number of nitrogens with zero attached hydrogens (tertiary/aromatic N) is 1. The molecule has 35 heavy (non-hydrogen) atoms. The van der Waals surface area contributed by atoms with Gasteiger partial charge in [0, 0.05) is 23.4 Å². The lowest BCUT2D eigenvalue weighted by Gasteiger charge is -2.35. The van der Waals surface area contributed by atoms with Crippen molar-refractivity contribution in [2.75, 3.05) is 6.61 Å². The van der Waals surface area contributed by atoms with Gasteiger partial charge in [-0.3, -0.25) is 4.99 Å². The molecule has 3 aromatic carbocycles. The fraction of sp³-hybridized carbons (Fsp3) is 0.424. The number of rotatable bonds is 7. The average molecular weight is 468 g/mol. The van der Waals surface area contributed by atoms with Crippen LogP contribution >= 0.6 is 0 Å². The summed E-state index contributed by atoms with van der Waals surface area (Å²) < 4.78 is 6.56. The highest BCUT2D eigenvalue weighted by Gasteiger charge is 2.29. The Balaban J connectivity index is 1.75. The van der Waals surface area contributed by atoms with Crippen LogP contribution in [0.2, 0.25) is 0 Å². The van der Waals surface area contributed by atoms with E-state index in [-0.39, 0.29) is 0 Å². The molecule has 0 saturated heterocycles. The molecule has 0 aliphatic heterocycles. The van der Waals surface area contributed by atoms with Crippen LogP contribution in [0, 0.1) is 17.3 Å². The minimum Gasteiger partial charge on any atom is -0.492 e. The molecule has 0 N–H and O–H groups in total. The molecule has 1 aliphatic carbocycles. The van der Waals surface area contributed by atoms with Gasteiger partial charge in [0.2, 0.25) is 0 Å². The number of benzene rings is 3. The standard InChI is InChI=1S/C33H41NO/c1-24(2)23-35-32-30(26-14-10-7-11-15-26)21-20-29(25-12-8-6-9-13-25)31(32)22-34-28-18-16-27(17-19-28)33(3,4)5/h6-15,20-22,24,27-28H,16-19,23H2,1-5H3/b34-22+. The molecule has 4 rings (SSSR count). The zero-order valence-corrected chi connectivity index (χ0v) is 22.1. The Morgan fingerprint density at radius 2 is 1.34 bits per heavy atom. The zero-order valence-electron chi connectivity index (χ0n) is 22.1. The maximum atomic E-state index is 6.56. The van der Waals surface area contributed by atoms with E-state index < -0.39 is 0 Å². The molecular weight excluding hydrogens is 426 g/mol. The average Bonchev–Trinajstić information content (AvgIpc) is 2.86. The molecule has 0 bridgehead atoms. The molecule has 184 valence electrons. The Labute approximate surface area is 212 Å². The number of aliphatic imine (C=N–C) groups is 1. The zero-order chi connectivity index (χ0) is 24.8. The molecule has 0 radical (unpaired) electrons.